The van der Waals surface area contributed by atoms with E-state index in [2.05, 4.69) is 11.4 Å². The SMILES string of the molecule is COc1ccc([C@@H]2C(C#N)=C(C)NC3=C2C(=O)c2ccccc23)cc1. The predicted octanol–water partition coefficient (Wildman–Crippen LogP) is 3.79. The van der Waals surface area contributed by atoms with Crippen LogP contribution in [0.3, 0.4) is 0 Å². The second kappa shape index (κ2) is 5.64. The Morgan fingerprint density at radius 3 is 2.40 bits per heavy atom. The van der Waals surface area contributed by atoms with Gasteiger partial charge in [-0.3, -0.25) is 4.79 Å². The average Bonchev–Trinajstić information content (AvgIpc) is 2.93. The molecule has 0 spiro atoms. The maximum Gasteiger partial charge on any atom is 0.192 e. The molecular weight excluding hydrogens is 312 g/mol. The number of nitrogens with one attached hydrogen (secondary N) is 1. The number of Topliss-reactive ketones (excluding diaryl/α,β-unsaturated/α-hetero) is 1. The van der Waals surface area contributed by atoms with Gasteiger partial charge in [-0.25, -0.2) is 0 Å². The van der Waals surface area contributed by atoms with Crippen LogP contribution >= 0.6 is 0 Å². The third-order valence-corrected chi connectivity index (χ3v) is 4.82. The van der Waals surface area contributed by atoms with E-state index in [1.165, 1.54) is 0 Å². The van der Waals surface area contributed by atoms with Gasteiger partial charge < -0.3 is 10.1 Å². The van der Waals surface area contributed by atoms with Crippen molar-refractivity contribution < 1.29 is 9.53 Å². The molecule has 2 aromatic carbocycles. The molecule has 1 N–H and O–H groups in total. The lowest BCUT2D eigenvalue weighted by molar-refractivity contribution is 0.103. The summed E-state index contributed by atoms with van der Waals surface area (Å²) in [6.07, 6.45) is 0. The van der Waals surface area contributed by atoms with E-state index in [1.54, 1.807) is 7.11 Å². The van der Waals surface area contributed by atoms with E-state index in [0.717, 1.165) is 28.3 Å². The largest absolute Gasteiger partial charge is 0.497 e. The summed E-state index contributed by atoms with van der Waals surface area (Å²) in [5, 5.41) is 13.0. The summed E-state index contributed by atoms with van der Waals surface area (Å²) in [5.74, 6) is 0.360. The van der Waals surface area contributed by atoms with Gasteiger partial charge in [0.15, 0.2) is 5.78 Å². The van der Waals surface area contributed by atoms with Crippen LogP contribution in [0.15, 0.2) is 65.4 Å². The lowest BCUT2D eigenvalue weighted by Gasteiger charge is -2.27. The van der Waals surface area contributed by atoms with Crippen molar-refractivity contribution in [3.05, 3.63) is 82.1 Å². The molecule has 0 saturated carbocycles. The fourth-order valence-electron chi connectivity index (χ4n) is 3.61. The Bertz CT molecular complexity index is 991. The Labute approximate surface area is 146 Å². The zero-order valence-electron chi connectivity index (χ0n) is 14.0. The highest BCUT2D eigenvalue weighted by atomic mass is 16.5. The van der Waals surface area contributed by atoms with Crippen molar-refractivity contribution in [2.24, 2.45) is 0 Å². The van der Waals surface area contributed by atoms with Gasteiger partial charge in [-0.15, -0.1) is 0 Å². The highest BCUT2D eigenvalue weighted by molar-refractivity contribution is 6.22. The molecule has 0 saturated heterocycles. The van der Waals surface area contributed by atoms with Crippen LogP contribution in [0.2, 0.25) is 0 Å². The first kappa shape index (κ1) is 15.2. The topological polar surface area (TPSA) is 62.1 Å². The van der Waals surface area contributed by atoms with E-state index in [-0.39, 0.29) is 11.7 Å². The number of rotatable bonds is 2. The smallest absolute Gasteiger partial charge is 0.192 e. The average molecular weight is 328 g/mol. The number of hydrogen-bond donors (Lipinski definition) is 1. The lowest BCUT2D eigenvalue weighted by atomic mass is 9.80. The van der Waals surface area contributed by atoms with Crippen molar-refractivity contribution in [2.45, 2.75) is 12.8 Å². The van der Waals surface area contributed by atoms with Crippen LogP contribution in [0.1, 0.15) is 34.3 Å². The van der Waals surface area contributed by atoms with E-state index >= 15 is 0 Å². The summed E-state index contributed by atoms with van der Waals surface area (Å²) in [6, 6.07) is 17.4. The first-order valence-electron chi connectivity index (χ1n) is 8.05. The van der Waals surface area contributed by atoms with Crippen LogP contribution in [0.5, 0.6) is 5.75 Å². The Balaban J connectivity index is 1.92. The molecule has 0 fully saturated rings. The number of benzene rings is 2. The van der Waals surface area contributed by atoms with Crippen LogP contribution in [0, 0.1) is 11.3 Å². The molecule has 0 aromatic heterocycles. The number of ketones is 1. The summed E-state index contributed by atoms with van der Waals surface area (Å²) >= 11 is 0. The molecule has 1 aliphatic carbocycles. The predicted molar refractivity (Wildman–Crippen MR) is 94.9 cm³/mol. The van der Waals surface area contributed by atoms with Gasteiger partial charge in [-0.1, -0.05) is 36.4 Å². The van der Waals surface area contributed by atoms with E-state index in [9.17, 15) is 10.1 Å². The number of carbonyl (C=O) groups is 1. The molecule has 0 unspecified atom stereocenters. The first-order chi connectivity index (χ1) is 12.2. The first-order valence-corrected chi connectivity index (χ1v) is 8.05. The zero-order chi connectivity index (χ0) is 17.6. The molecule has 4 heteroatoms. The third-order valence-electron chi connectivity index (χ3n) is 4.82. The summed E-state index contributed by atoms with van der Waals surface area (Å²) in [5.41, 5.74) is 5.32. The van der Waals surface area contributed by atoms with Gasteiger partial charge >= 0.3 is 0 Å². The molecule has 0 amide bonds. The molecule has 2 aromatic rings. The molecule has 1 aliphatic heterocycles. The number of hydrogen-bond acceptors (Lipinski definition) is 4. The van der Waals surface area contributed by atoms with Gasteiger partial charge in [0.05, 0.1) is 30.4 Å². The summed E-state index contributed by atoms with van der Waals surface area (Å²) in [6.45, 7) is 1.88. The Morgan fingerprint density at radius 2 is 1.76 bits per heavy atom. The fourth-order valence-corrected chi connectivity index (χ4v) is 3.61. The quantitative estimate of drug-likeness (QED) is 0.911. The second-order valence-corrected chi connectivity index (χ2v) is 6.15. The van der Waals surface area contributed by atoms with Crippen molar-refractivity contribution in [1.82, 2.24) is 5.32 Å². The number of ether oxygens (including phenoxy) is 1. The van der Waals surface area contributed by atoms with Gasteiger partial charge in [-0.05, 0) is 24.6 Å². The van der Waals surface area contributed by atoms with Crippen LogP contribution < -0.4 is 10.1 Å². The molecule has 25 heavy (non-hydrogen) atoms. The number of carbonyl (C=O) groups excluding carboxylic acids is 1. The molecule has 0 radical (unpaired) electrons. The Kier molecular flexibility index (Phi) is 3.43. The highest BCUT2D eigenvalue weighted by Crippen LogP contribution is 2.46. The minimum Gasteiger partial charge on any atom is -0.497 e. The number of nitrogens with zero attached hydrogens (tertiary/aromatic N) is 1. The molecule has 4 rings (SSSR count). The molecule has 0 bridgehead atoms. The summed E-state index contributed by atoms with van der Waals surface area (Å²) < 4.78 is 5.22. The standard InChI is InChI=1S/C21H16N2O2/c1-12-17(11-22)18(13-7-9-14(25-2)10-8-13)19-20(23-12)15-5-3-4-6-16(15)21(19)24/h3-10,18,23H,1-2H3/t18-/m1/s1. The van der Waals surface area contributed by atoms with Crippen molar-refractivity contribution in [2.75, 3.05) is 7.11 Å². The van der Waals surface area contributed by atoms with Gasteiger partial charge in [0.2, 0.25) is 0 Å². The maximum absolute atomic E-state index is 13.1. The van der Waals surface area contributed by atoms with Crippen molar-refractivity contribution in [1.29, 1.82) is 5.26 Å². The van der Waals surface area contributed by atoms with Crippen molar-refractivity contribution >= 4 is 11.5 Å². The minimum atomic E-state index is -0.368. The highest BCUT2D eigenvalue weighted by Gasteiger charge is 2.40. The molecule has 2 aliphatic rings. The second-order valence-electron chi connectivity index (χ2n) is 6.15. The van der Waals surface area contributed by atoms with Crippen molar-refractivity contribution in [3.8, 4) is 11.8 Å². The van der Waals surface area contributed by atoms with Crippen LogP contribution in [-0.2, 0) is 0 Å². The number of methoxy groups -OCH3 is 1. The van der Waals surface area contributed by atoms with Crippen LogP contribution in [0.4, 0.5) is 0 Å². The van der Waals surface area contributed by atoms with Crippen LogP contribution in [-0.4, -0.2) is 12.9 Å². The van der Waals surface area contributed by atoms with E-state index in [1.807, 2.05) is 55.5 Å². The molecule has 4 nitrogen and oxygen atoms in total. The molecule has 1 heterocycles. The molecular formula is C21H16N2O2. The third kappa shape index (κ3) is 2.17. The van der Waals surface area contributed by atoms with Gasteiger partial charge in [0, 0.05) is 22.4 Å². The Morgan fingerprint density at radius 1 is 1.08 bits per heavy atom. The minimum absolute atomic E-state index is 0.0147. The number of allylic oxidation sites excluding steroid dienone is 3. The lowest BCUT2D eigenvalue weighted by Crippen LogP contribution is -2.24. The van der Waals surface area contributed by atoms with E-state index < -0.39 is 0 Å². The normalized spacial score (nSPS) is 18.4. The monoisotopic (exact) mass is 328 g/mol. The van der Waals surface area contributed by atoms with E-state index in [4.69, 9.17) is 4.74 Å². The van der Waals surface area contributed by atoms with E-state index in [0.29, 0.717) is 16.7 Å². The number of nitriles is 1. The molecule has 122 valence electrons. The van der Waals surface area contributed by atoms with Gasteiger partial charge in [0.25, 0.3) is 0 Å². The fraction of sp³-hybridized carbons (Fsp3) is 0.143. The zero-order valence-corrected chi connectivity index (χ0v) is 14.0. The summed E-state index contributed by atoms with van der Waals surface area (Å²) in [7, 11) is 1.61. The maximum atomic E-state index is 13.1. The van der Waals surface area contributed by atoms with Gasteiger partial charge in [-0.2, -0.15) is 5.26 Å². The van der Waals surface area contributed by atoms with Gasteiger partial charge in [0.1, 0.15) is 5.75 Å². The van der Waals surface area contributed by atoms with Crippen LogP contribution in [0.25, 0.3) is 5.70 Å². The number of fused-ring (bicyclic) bond motifs is 2. The number of dihydropyridines is 1. The summed E-state index contributed by atoms with van der Waals surface area (Å²) in [4.78, 5) is 13.1. The molecule has 1 atom stereocenters. The Hall–Kier alpha value is -3.32. The van der Waals surface area contributed by atoms with Crippen molar-refractivity contribution in [3.63, 3.8) is 0 Å².